The normalized spacial score (nSPS) is 21.2. The number of hydrogen-bond donors (Lipinski definition) is 1. The molecule has 2 atom stereocenters. The maximum atomic E-state index is 14.9. The predicted octanol–water partition coefficient (Wildman–Crippen LogP) is 4.80. The van der Waals surface area contributed by atoms with E-state index in [1.54, 1.807) is 38.1 Å². The summed E-state index contributed by atoms with van der Waals surface area (Å²) in [5.41, 5.74) is 0.311. The fourth-order valence-electron chi connectivity index (χ4n) is 5.28. The molecule has 8 heteroatoms. The number of alkyl halides is 1. The summed E-state index contributed by atoms with van der Waals surface area (Å²) in [5.74, 6) is -0.262. The molecule has 0 radical (unpaired) electrons. The largest absolute Gasteiger partial charge is 0.492 e. The molecule has 2 heterocycles. The van der Waals surface area contributed by atoms with Crippen LogP contribution in [0.3, 0.4) is 0 Å². The number of halogens is 2. The number of likely N-dealkylation sites (tertiary alicyclic amines) is 2. The summed E-state index contributed by atoms with van der Waals surface area (Å²) in [4.78, 5) is 16.4. The van der Waals surface area contributed by atoms with Gasteiger partial charge in [0.15, 0.2) is 0 Å². The molecule has 2 aromatic carbocycles. The molecule has 0 saturated carbocycles. The van der Waals surface area contributed by atoms with Gasteiger partial charge in [0.05, 0.1) is 23.8 Å². The number of carbonyl (C=O) groups excluding carboxylic acids is 1. The minimum Gasteiger partial charge on any atom is -0.492 e. The fraction of sp³-hybridized carbons (Fsp3) is 0.517. The van der Waals surface area contributed by atoms with Crippen LogP contribution in [0.1, 0.15) is 56.0 Å². The monoisotopic (exact) mass is 511 g/mol. The summed E-state index contributed by atoms with van der Waals surface area (Å²) in [5, 5.41) is 19.5. The smallest absolute Gasteiger partial charge is 0.257 e. The van der Waals surface area contributed by atoms with Crippen LogP contribution in [0.25, 0.3) is 11.1 Å². The lowest BCUT2D eigenvalue weighted by Crippen LogP contribution is -2.41. The van der Waals surface area contributed by atoms with Gasteiger partial charge in [0.1, 0.15) is 23.3 Å². The lowest BCUT2D eigenvalue weighted by Gasteiger charge is -2.34. The second-order valence-electron chi connectivity index (χ2n) is 11.0. The zero-order chi connectivity index (χ0) is 26.7. The molecule has 1 amide bonds. The molecule has 0 unspecified atom stereocenters. The molecule has 37 heavy (non-hydrogen) atoms. The van der Waals surface area contributed by atoms with Crippen molar-refractivity contribution in [1.82, 2.24) is 9.80 Å². The highest BCUT2D eigenvalue weighted by atomic mass is 19.1. The van der Waals surface area contributed by atoms with Crippen LogP contribution in [0.15, 0.2) is 36.4 Å². The molecular formula is C29H35F2N3O3. The number of rotatable bonds is 7. The number of aliphatic hydroxyl groups is 1. The summed E-state index contributed by atoms with van der Waals surface area (Å²) < 4.78 is 34.8. The topological polar surface area (TPSA) is 76.8 Å². The van der Waals surface area contributed by atoms with Gasteiger partial charge in [-0.15, -0.1) is 0 Å². The van der Waals surface area contributed by atoms with Crippen molar-refractivity contribution in [2.45, 2.75) is 57.8 Å². The lowest BCUT2D eigenvalue weighted by atomic mass is 9.96. The summed E-state index contributed by atoms with van der Waals surface area (Å²) in [6, 6.07) is 11.6. The minimum absolute atomic E-state index is 0.0358. The predicted molar refractivity (Wildman–Crippen MR) is 138 cm³/mol. The van der Waals surface area contributed by atoms with Crippen molar-refractivity contribution in [2.75, 3.05) is 32.8 Å². The van der Waals surface area contributed by atoms with E-state index in [-0.39, 0.29) is 18.2 Å². The van der Waals surface area contributed by atoms with Crippen molar-refractivity contribution in [2.24, 2.45) is 5.92 Å². The molecule has 2 fully saturated rings. The van der Waals surface area contributed by atoms with Gasteiger partial charge in [-0.05, 0) is 94.4 Å². The van der Waals surface area contributed by atoms with Crippen molar-refractivity contribution < 1.29 is 23.4 Å². The van der Waals surface area contributed by atoms with Crippen LogP contribution in [0.5, 0.6) is 5.75 Å². The Labute approximate surface area is 217 Å². The van der Waals surface area contributed by atoms with Gasteiger partial charge in [-0.3, -0.25) is 4.79 Å². The van der Waals surface area contributed by atoms with Gasteiger partial charge in [0, 0.05) is 19.1 Å². The molecule has 2 aliphatic rings. The Bertz CT molecular complexity index is 1170. The first-order valence-corrected chi connectivity index (χ1v) is 12.9. The van der Waals surface area contributed by atoms with Crippen molar-refractivity contribution >= 4 is 5.91 Å². The third kappa shape index (κ3) is 6.65. The number of β-amino-alcohol motifs (C(OH)–C–C–N with tert-alkyl or cyclic N) is 1. The Balaban J connectivity index is 1.39. The summed E-state index contributed by atoms with van der Waals surface area (Å²) in [6.07, 6.45) is 1.71. The molecule has 2 saturated heterocycles. The maximum absolute atomic E-state index is 14.9. The Hall–Kier alpha value is -3.02. The van der Waals surface area contributed by atoms with E-state index in [9.17, 15) is 23.9 Å². The van der Waals surface area contributed by atoms with Gasteiger partial charge in [-0.1, -0.05) is 12.1 Å². The quantitative estimate of drug-likeness (QED) is 0.578. The van der Waals surface area contributed by atoms with Crippen molar-refractivity contribution in [1.29, 1.82) is 5.26 Å². The van der Waals surface area contributed by atoms with E-state index in [1.165, 1.54) is 17.0 Å². The Morgan fingerprint density at radius 2 is 1.86 bits per heavy atom. The molecular weight excluding hydrogens is 476 g/mol. The second kappa shape index (κ2) is 11.2. The number of piperidine rings is 1. The number of amides is 1. The molecule has 0 aliphatic carbocycles. The molecule has 0 aromatic heterocycles. The van der Waals surface area contributed by atoms with E-state index in [1.807, 2.05) is 6.92 Å². The van der Waals surface area contributed by atoms with Crippen LogP contribution >= 0.6 is 0 Å². The van der Waals surface area contributed by atoms with Gasteiger partial charge in [-0.25, -0.2) is 8.78 Å². The van der Waals surface area contributed by atoms with Crippen LogP contribution in [-0.2, 0) is 0 Å². The number of hydrogen-bond acceptors (Lipinski definition) is 5. The molecule has 2 aliphatic heterocycles. The zero-order valence-corrected chi connectivity index (χ0v) is 21.7. The second-order valence-corrected chi connectivity index (χ2v) is 11.0. The zero-order valence-electron chi connectivity index (χ0n) is 21.7. The molecule has 0 spiro atoms. The molecule has 1 N–H and O–H groups in total. The van der Waals surface area contributed by atoms with Gasteiger partial charge < -0.3 is 19.6 Å². The Kier molecular flexibility index (Phi) is 8.15. The number of carbonyl (C=O) groups is 1. The average molecular weight is 512 g/mol. The molecule has 2 aromatic rings. The average Bonchev–Trinajstić information content (AvgIpc) is 3.19. The highest BCUT2D eigenvalue weighted by Gasteiger charge is 2.33. The van der Waals surface area contributed by atoms with Gasteiger partial charge in [0.2, 0.25) is 0 Å². The third-order valence-electron chi connectivity index (χ3n) is 7.23. The van der Waals surface area contributed by atoms with Crippen LogP contribution in [0, 0.1) is 23.1 Å². The highest BCUT2D eigenvalue weighted by Crippen LogP contribution is 2.30. The van der Waals surface area contributed by atoms with E-state index < -0.39 is 23.5 Å². The minimum atomic E-state index is -1.21. The first-order chi connectivity index (χ1) is 17.5. The first-order valence-electron chi connectivity index (χ1n) is 12.9. The Morgan fingerprint density at radius 3 is 2.46 bits per heavy atom. The highest BCUT2D eigenvalue weighted by molar-refractivity contribution is 5.95. The summed E-state index contributed by atoms with van der Waals surface area (Å²) in [7, 11) is 0. The number of ether oxygens (including phenoxy) is 1. The molecule has 4 rings (SSSR count). The van der Waals surface area contributed by atoms with Crippen LogP contribution in [0.4, 0.5) is 8.78 Å². The van der Waals surface area contributed by atoms with Gasteiger partial charge in [0.25, 0.3) is 5.91 Å². The standard InChI is InChI=1S/C29H35F2N3O3/c1-19-12-24(35)16-34(19)28(36)25-6-4-22(14-26(25)30)21-5-7-27(23(13-21)15-32)37-17-20-8-10-33(11-9-20)18-29(2,3)31/h4-7,13-14,19-20,24,35H,8-12,16-18H2,1-3H3/t19-,24+/m0/s1. The van der Waals surface area contributed by atoms with Gasteiger partial charge >= 0.3 is 0 Å². The molecule has 6 nitrogen and oxygen atoms in total. The number of benzene rings is 2. The van der Waals surface area contributed by atoms with Crippen LogP contribution in [-0.4, -0.2) is 71.4 Å². The van der Waals surface area contributed by atoms with Crippen molar-refractivity contribution in [3.05, 3.63) is 53.3 Å². The third-order valence-corrected chi connectivity index (χ3v) is 7.23. The van der Waals surface area contributed by atoms with Crippen molar-refractivity contribution in [3.8, 4) is 22.9 Å². The number of nitriles is 1. The van der Waals surface area contributed by atoms with E-state index in [4.69, 9.17) is 4.74 Å². The van der Waals surface area contributed by atoms with Gasteiger partial charge in [-0.2, -0.15) is 5.26 Å². The summed E-state index contributed by atoms with van der Waals surface area (Å²) >= 11 is 0. The number of nitrogens with zero attached hydrogens (tertiary/aromatic N) is 3. The maximum Gasteiger partial charge on any atom is 0.257 e. The van der Waals surface area contributed by atoms with E-state index in [0.29, 0.717) is 47.9 Å². The fourth-order valence-corrected chi connectivity index (χ4v) is 5.28. The molecule has 198 valence electrons. The summed E-state index contributed by atoms with van der Waals surface area (Å²) in [6.45, 7) is 7.79. The van der Waals surface area contributed by atoms with Crippen LogP contribution < -0.4 is 4.74 Å². The van der Waals surface area contributed by atoms with Crippen molar-refractivity contribution in [3.63, 3.8) is 0 Å². The lowest BCUT2D eigenvalue weighted by molar-refractivity contribution is 0.0721. The van der Waals surface area contributed by atoms with E-state index in [0.717, 1.165) is 25.9 Å². The van der Waals surface area contributed by atoms with Crippen LogP contribution in [0.2, 0.25) is 0 Å². The SMILES string of the molecule is C[C@H]1C[C@@H](O)CN1C(=O)c1ccc(-c2ccc(OCC3CCN(CC(C)(C)F)CC3)c(C#N)c2)cc1F. The van der Waals surface area contributed by atoms with E-state index >= 15 is 0 Å². The molecule has 0 bridgehead atoms. The Morgan fingerprint density at radius 1 is 1.19 bits per heavy atom. The first kappa shape index (κ1) is 27.0. The van der Waals surface area contributed by atoms with E-state index in [2.05, 4.69) is 11.0 Å². The number of aliphatic hydroxyl groups excluding tert-OH is 1.